The molecule has 0 radical (unpaired) electrons. The molecule has 1 aromatic carbocycles. The minimum Gasteiger partial charge on any atom is -0.467 e. The number of carbonyl (C=O) groups is 1. The molecule has 4 heteroatoms. The Morgan fingerprint density at radius 3 is 2.25 bits per heavy atom. The van der Waals surface area contributed by atoms with Crippen LogP contribution in [0, 0.1) is 0 Å². The number of anilines is 1. The van der Waals surface area contributed by atoms with Crippen molar-refractivity contribution in [3.63, 3.8) is 0 Å². The lowest BCUT2D eigenvalue weighted by molar-refractivity contribution is -0.152. The fourth-order valence-corrected chi connectivity index (χ4v) is 3.17. The van der Waals surface area contributed by atoms with E-state index in [2.05, 4.69) is 5.32 Å². The van der Waals surface area contributed by atoms with E-state index in [-0.39, 0.29) is 11.6 Å². The lowest BCUT2D eigenvalue weighted by Gasteiger charge is -2.38. The quantitative estimate of drug-likeness (QED) is 0.863. The molecule has 0 aromatic heterocycles. The van der Waals surface area contributed by atoms with Crippen LogP contribution in [0.1, 0.15) is 34.1 Å². The molecule has 0 bridgehead atoms. The van der Waals surface area contributed by atoms with E-state index in [4.69, 9.17) is 9.47 Å². The third-order valence-electron chi connectivity index (χ3n) is 3.92. The van der Waals surface area contributed by atoms with E-state index in [0.29, 0.717) is 6.42 Å². The predicted octanol–water partition coefficient (Wildman–Crippen LogP) is 2.99. The van der Waals surface area contributed by atoms with Crippen molar-refractivity contribution in [1.82, 2.24) is 0 Å². The maximum absolute atomic E-state index is 12.5. The summed E-state index contributed by atoms with van der Waals surface area (Å²) in [6.45, 7) is 7.83. The highest BCUT2D eigenvalue weighted by Crippen LogP contribution is 2.47. The Morgan fingerprint density at radius 2 is 1.80 bits per heavy atom. The van der Waals surface area contributed by atoms with Gasteiger partial charge in [-0.05, 0) is 39.8 Å². The first-order chi connectivity index (χ1) is 9.22. The second-order valence-corrected chi connectivity index (χ2v) is 6.44. The molecule has 1 aromatic rings. The maximum Gasteiger partial charge on any atom is 0.334 e. The van der Waals surface area contributed by atoms with Gasteiger partial charge in [-0.25, -0.2) is 4.79 Å². The third kappa shape index (κ3) is 2.40. The van der Waals surface area contributed by atoms with Gasteiger partial charge < -0.3 is 14.8 Å². The van der Waals surface area contributed by atoms with Crippen LogP contribution in [0.5, 0.6) is 0 Å². The van der Waals surface area contributed by atoms with Gasteiger partial charge in [0.05, 0.1) is 18.3 Å². The molecular weight excluding hydrogens is 254 g/mol. The number of carbonyl (C=O) groups excluding carboxylic acids is 1. The van der Waals surface area contributed by atoms with Gasteiger partial charge in [0, 0.05) is 12.1 Å². The average Bonchev–Trinajstić information content (AvgIpc) is 2.55. The summed E-state index contributed by atoms with van der Waals surface area (Å²) in [4.78, 5) is 12.5. The molecule has 0 aliphatic carbocycles. The summed E-state index contributed by atoms with van der Waals surface area (Å²) in [5.41, 5.74) is -1.07. The minimum absolute atomic E-state index is 0.295. The van der Waals surface area contributed by atoms with Crippen LogP contribution in [-0.4, -0.2) is 29.8 Å². The summed E-state index contributed by atoms with van der Waals surface area (Å²) in [6, 6.07) is 9.68. The van der Waals surface area contributed by atoms with Gasteiger partial charge in [-0.2, -0.15) is 0 Å². The van der Waals surface area contributed by atoms with Crippen molar-refractivity contribution in [3.05, 3.63) is 30.3 Å². The molecule has 1 heterocycles. The molecule has 1 N–H and O–H groups in total. The Morgan fingerprint density at radius 1 is 1.20 bits per heavy atom. The summed E-state index contributed by atoms with van der Waals surface area (Å²) in [5, 5.41) is 3.35. The zero-order valence-electron chi connectivity index (χ0n) is 12.8. The molecule has 0 spiro atoms. The normalized spacial score (nSPS) is 27.1. The van der Waals surface area contributed by atoms with E-state index in [1.54, 1.807) is 0 Å². The number of rotatable bonds is 3. The molecule has 1 unspecified atom stereocenters. The molecular formula is C16H23NO3. The minimum atomic E-state index is -0.896. The molecule has 1 aliphatic heterocycles. The van der Waals surface area contributed by atoms with Crippen LogP contribution < -0.4 is 5.32 Å². The zero-order chi connectivity index (χ0) is 15.0. The number of methoxy groups -OCH3 is 1. The summed E-state index contributed by atoms with van der Waals surface area (Å²) < 4.78 is 11.1. The fraction of sp³-hybridized carbons (Fsp3) is 0.562. The van der Waals surface area contributed by atoms with E-state index in [0.717, 1.165) is 5.69 Å². The Hall–Kier alpha value is -1.55. The number of hydrogen-bond acceptors (Lipinski definition) is 4. The number of nitrogens with one attached hydrogen (secondary N) is 1. The lowest BCUT2D eigenvalue weighted by atomic mass is 9.78. The van der Waals surface area contributed by atoms with Crippen molar-refractivity contribution in [3.8, 4) is 0 Å². The maximum atomic E-state index is 12.5. The van der Waals surface area contributed by atoms with Crippen molar-refractivity contribution < 1.29 is 14.3 Å². The van der Waals surface area contributed by atoms with Crippen LogP contribution >= 0.6 is 0 Å². The predicted molar refractivity (Wildman–Crippen MR) is 78.7 cm³/mol. The van der Waals surface area contributed by atoms with Gasteiger partial charge >= 0.3 is 5.97 Å². The molecule has 1 saturated heterocycles. The molecule has 4 nitrogen and oxygen atoms in total. The van der Waals surface area contributed by atoms with Gasteiger partial charge in [0.2, 0.25) is 0 Å². The van der Waals surface area contributed by atoms with Crippen molar-refractivity contribution in [2.24, 2.45) is 0 Å². The van der Waals surface area contributed by atoms with E-state index in [1.807, 2.05) is 58.0 Å². The van der Waals surface area contributed by atoms with E-state index < -0.39 is 11.1 Å². The summed E-state index contributed by atoms with van der Waals surface area (Å²) in [5.74, 6) is -0.295. The van der Waals surface area contributed by atoms with Crippen LogP contribution in [0.4, 0.5) is 5.69 Å². The van der Waals surface area contributed by atoms with E-state index in [9.17, 15) is 4.79 Å². The van der Waals surface area contributed by atoms with E-state index in [1.165, 1.54) is 7.11 Å². The van der Waals surface area contributed by atoms with Gasteiger partial charge in [-0.1, -0.05) is 18.2 Å². The second-order valence-electron chi connectivity index (χ2n) is 6.44. The Bertz CT molecular complexity index is 496. The first-order valence-electron chi connectivity index (χ1n) is 6.84. The van der Waals surface area contributed by atoms with Crippen LogP contribution in [0.2, 0.25) is 0 Å². The molecule has 1 fully saturated rings. The number of esters is 1. The third-order valence-corrected chi connectivity index (χ3v) is 3.92. The molecule has 0 amide bonds. The van der Waals surface area contributed by atoms with Crippen LogP contribution in [-0.2, 0) is 14.3 Å². The number of benzene rings is 1. The molecule has 20 heavy (non-hydrogen) atoms. The summed E-state index contributed by atoms with van der Waals surface area (Å²) in [6.07, 6.45) is 0.550. The van der Waals surface area contributed by atoms with Crippen LogP contribution in [0.15, 0.2) is 30.3 Å². The average molecular weight is 277 g/mol. The molecule has 0 saturated carbocycles. The first-order valence-corrected chi connectivity index (χ1v) is 6.84. The lowest BCUT2D eigenvalue weighted by Crippen LogP contribution is -2.59. The molecule has 1 aliphatic rings. The first kappa shape index (κ1) is 14.9. The van der Waals surface area contributed by atoms with Gasteiger partial charge in [0.15, 0.2) is 5.54 Å². The van der Waals surface area contributed by atoms with Gasteiger partial charge in [0.25, 0.3) is 0 Å². The van der Waals surface area contributed by atoms with Crippen molar-refractivity contribution in [1.29, 1.82) is 0 Å². The number of hydrogen-bond donors (Lipinski definition) is 1. The highest BCUT2D eigenvalue weighted by molar-refractivity contribution is 5.87. The summed E-state index contributed by atoms with van der Waals surface area (Å²) >= 11 is 0. The van der Waals surface area contributed by atoms with Crippen molar-refractivity contribution in [2.75, 3.05) is 12.4 Å². The molecule has 110 valence electrons. The van der Waals surface area contributed by atoms with Gasteiger partial charge in [0.1, 0.15) is 0 Å². The van der Waals surface area contributed by atoms with Crippen LogP contribution in [0.25, 0.3) is 0 Å². The SMILES string of the molecule is COC(=O)C1(Nc2ccccc2)CC(C)(C)OC1(C)C. The Balaban J connectivity index is 2.44. The van der Waals surface area contributed by atoms with E-state index >= 15 is 0 Å². The molecule has 2 rings (SSSR count). The second kappa shape index (κ2) is 4.77. The zero-order valence-corrected chi connectivity index (χ0v) is 12.8. The number of para-hydroxylation sites is 1. The van der Waals surface area contributed by atoms with Crippen molar-refractivity contribution in [2.45, 2.75) is 50.9 Å². The highest BCUT2D eigenvalue weighted by Gasteiger charge is 2.62. The largest absolute Gasteiger partial charge is 0.467 e. The summed E-state index contributed by atoms with van der Waals surface area (Å²) in [7, 11) is 1.41. The number of ether oxygens (including phenoxy) is 2. The van der Waals surface area contributed by atoms with Gasteiger partial charge in [-0.15, -0.1) is 0 Å². The fourth-order valence-electron chi connectivity index (χ4n) is 3.17. The standard InChI is InChI=1S/C16H23NO3/c1-14(2)11-16(13(18)19-5,15(3,4)20-14)17-12-9-7-6-8-10-12/h6-10,17H,11H2,1-5H3. The highest BCUT2D eigenvalue weighted by atomic mass is 16.6. The smallest absolute Gasteiger partial charge is 0.334 e. The topological polar surface area (TPSA) is 47.6 Å². The Labute approximate surface area is 120 Å². The Kier molecular flexibility index (Phi) is 3.54. The molecule has 1 atom stereocenters. The van der Waals surface area contributed by atoms with Crippen LogP contribution in [0.3, 0.4) is 0 Å². The monoisotopic (exact) mass is 277 g/mol. The van der Waals surface area contributed by atoms with Crippen molar-refractivity contribution >= 4 is 11.7 Å². The van der Waals surface area contributed by atoms with Gasteiger partial charge in [-0.3, -0.25) is 0 Å².